The van der Waals surface area contributed by atoms with E-state index < -0.39 is 0 Å². The van der Waals surface area contributed by atoms with E-state index in [2.05, 4.69) is 0 Å². The largest absolute Gasteiger partial charge is 0.497 e. The zero-order chi connectivity index (χ0) is 16.7. The average Bonchev–Trinajstić information content (AvgIpc) is 2.61. The number of carbonyl (C=O) groups is 1. The van der Waals surface area contributed by atoms with Gasteiger partial charge in [0, 0.05) is 13.1 Å². The molecular weight excluding hydrogens is 312 g/mol. The number of hydrogen-bond donors (Lipinski definition) is 1. The van der Waals surface area contributed by atoms with E-state index in [0.717, 1.165) is 30.8 Å². The van der Waals surface area contributed by atoms with Gasteiger partial charge in [-0.15, -0.1) is 0 Å². The molecule has 0 aromatic heterocycles. The van der Waals surface area contributed by atoms with E-state index >= 15 is 0 Å². The van der Waals surface area contributed by atoms with E-state index in [0.29, 0.717) is 36.3 Å². The molecule has 0 bridgehead atoms. The Kier molecular flexibility index (Phi) is 7.05. The van der Waals surface area contributed by atoms with E-state index in [9.17, 15) is 4.79 Å². The van der Waals surface area contributed by atoms with Crippen molar-refractivity contribution in [1.82, 2.24) is 4.90 Å². The molecule has 0 radical (unpaired) electrons. The van der Waals surface area contributed by atoms with Crippen molar-refractivity contribution in [3.63, 3.8) is 0 Å². The molecule has 1 heterocycles. The van der Waals surface area contributed by atoms with Crippen LogP contribution in [0.25, 0.3) is 0 Å². The summed E-state index contributed by atoms with van der Waals surface area (Å²) in [5.41, 5.74) is 6.06. The lowest BCUT2D eigenvalue weighted by Crippen LogP contribution is -2.39. The molecule has 128 valence electrons. The molecule has 0 atom stereocenters. The maximum absolute atomic E-state index is 12.9. The highest BCUT2D eigenvalue weighted by atomic mass is 32.2. The van der Waals surface area contributed by atoms with E-state index in [-0.39, 0.29) is 5.91 Å². The predicted molar refractivity (Wildman–Crippen MR) is 94.6 cm³/mol. The first-order valence-electron chi connectivity index (χ1n) is 8.03. The zero-order valence-electron chi connectivity index (χ0n) is 13.9. The van der Waals surface area contributed by atoms with Crippen molar-refractivity contribution in [1.29, 1.82) is 0 Å². The topological polar surface area (TPSA) is 64.8 Å². The summed E-state index contributed by atoms with van der Waals surface area (Å²) in [6.45, 7) is 1.08. The molecule has 1 fully saturated rings. The van der Waals surface area contributed by atoms with Crippen LogP contribution in [0.1, 0.15) is 29.6 Å². The van der Waals surface area contributed by atoms with Crippen LogP contribution in [0.2, 0.25) is 0 Å². The molecule has 23 heavy (non-hydrogen) atoms. The van der Waals surface area contributed by atoms with Gasteiger partial charge in [0.05, 0.1) is 19.3 Å². The number of hydrogen-bond acceptors (Lipinski definition) is 5. The molecular formula is C17H26N2O3S. The first-order valence-corrected chi connectivity index (χ1v) is 9.18. The maximum Gasteiger partial charge on any atom is 0.257 e. The second kappa shape index (κ2) is 9.03. The first kappa shape index (κ1) is 17.9. The Morgan fingerprint density at radius 1 is 1.39 bits per heavy atom. The van der Waals surface area contributed by atoms with Gasteiger partial charge in [-0.25, -0.2) is 0 Å². The predicted octanol–water partition coefficient (Wildman–Crippen LogP) is 2.39. The third-order valence-electron chi connectivity index (χ3n) is 4.08. The Morgan fingerprint density at radius 2 is 2.13 bits per heavy atom. The summed E-state index contributed by atoms with van der Waals surface area (Å²) >= 11 is 1.95. The summed E-state index contributed by atoms with van der Waals surface area (Å²) in [4.78, 5) is 14.8. The quantitative estimate of drug-likeness (QED) is 0.773. The zero-order valence-corrected chi connectivity index (χ0v) is 14.7. The van der Waals surface area contributed by atoms with Crippen molar-refractivity contribution in [3.05, 3.63) is 23.8 Å². The number of nitrogens with two attached hydrogens (primary N) is 1. The Morgan fingerprint density at radius 3 is 2.78 bits per heavy atom. The normalized spacial score (nSPS) is 15.3. The van der Waals surface area contributed by atoms with Gasteiger partial charge in [0.25, 0.3) is 5.91 Å². The fourth-order valence-electron chi connectivity index (χ4n) is 2.62. The minimum Gasteiger partial charge on any atom is -0.497 e. The van der Waals surface area contributed by atoms with Crippen molar-refractivity contribution in [2.24, 2.45) is 5.73 Å². The van der Waals surface area contributed by atoms with Gasteiger partial charge in [-0.05, 0) is 55.5 Å². The fraction of sp³-hybridized carbons (Fsp3) is 0.588. The Hall–Kier alpha value is -1.40. The van der Waals surface area contributed by atoms with Gasteiger partial charge in [-0.2, -0.15) is 11.8 Å². The third-order valence-corrected chi connectivity index (χ3v) is 5.13. The summed E-state index contributed by atoms with van der Waals surface area (Å²) < 4.78 is 11.0. The van der Waals surface area contributed by atoms with Gasteiger partial charge in [-0.3, -0.25) is 4.79 Å². The molecule has 1 amide bonds. The van der Waals surface area contributed by atoms with Crippen molar-refractivity contribution in [2.75, 3.05) is 38.8 Å². The Bertz CT molecular complexity index is 519. The van der Waals surface area contributed by atoms with Crippen molar-refractivity contribution in [3.8, 4) is 11.5 Å². The molecule has 5 nitrogen and oxygen atoms in total. The molecule has 0 aliphatic carbocycles. The van der Waals surface area contributed by atoms with Crippen LogP contribution in [0.15, 0.2) is 18.2 Å². The fourth-order valence-corrected chi connectivity index (χ4v) is 3.70. The molecule has 1 aromatic rings. The Labute approximate surface area is 142 Å². The summed E-state index contributed by atoms with van der Waals surface area (Å²) in [5.74, 6) is 3.47. The van der Waals surface area contributed by atoms with Gasteiger partial charge < -0.3 is 20.1 Å². The van der Waals surface area contributed by atoms with Crippen molar-refractivity contribution < 1.29 is 14.3 Å². The lowest BCUT2D eigenvalue weighted by molar-refractivity contribution is 0.0718. The van der Waals surface area contributed by atoms with Crippen LogP contribution in [0, 0.1) is 0 Å². The molecule has 2 N–H and O–H groups in total. The first-order chi connectivity index (χ1) is 11.2. The minimum atomic E-state index is -0.0106. The number of amides is 1. The van der Waals surface area contributed by atoms with Crippen LogP contribution in [0.5, 0.6) is 11.5 Å². The van der Waals surface area contributed by atoms with Gasteiger partial charge in [0.15, 0.2) is 0 Å². The molecule has 1 aromatic carbocycles. The number of carbonyl (C=O) groups excluding carboxylic acids is 1. The third kappa shape index (κ3) is 4.78. The molecule has 6 heteroatoms. The summed E-state index contributed by atoms with van der Waals surface area (Å²) in [6.07, 6.45) is 2.84. The van der Waals surface area contributed by atoms with E-state index in [4.69, 9.17) is 15.2 Å². The molecule has 1 aliphatic rings. The SMILES string of the molecule is COc1ccc(OCCCN)c(C(=O)N(C)C2CCSCC2)c1. The number of thioether (sulfide) groups is 1. The molecule has 1 aliphatic heterocycles. The van der Waals surface area contributed by atoms with Gasteiger partial charge >= 0.3 is 0 Å². The molecule has 0 saturated carbocycles. The maximum atomic E-state index is 12.9. The van der Waals surface area contributed by atoms with Crippen LogP contribution in [0.4, 0.5) is 0 Å². The molecule has 0 spiro atoms. The van der Waals surface area contributed by atoms with Crippen LogP contribution in [-0.4, -0.2) is 55.7 Å². The average molecular weight is 338 g/mol. The Balaban J connectivity index is 2.17. The van der Waals surface area contributed by atoms with Crippen LogP contribution >= 0.6 is 11.8 Å². The lowest BCUT2D eigenvalue weighted by atomic mass is 10.1. The van der Waals surface area contributed by atoms with E-state index in [1.54, 1.807) is 19.2 Å². The molecule has 1 saturated heterocycles. The van der Waals surface area contributed by atoms with Gasteiger partial charge in [0.1, 0.15) is 11.5 Å². The van der Waals surface area contributed by atoms with Gasteiger partial charge in [-0.1, -0.05) is 0 Å². The highest BCUT2D eigenvalue weighted by molar-refractivity contribution is 7.99. The smallest absolute Gasteiger partial charge is 0.257 e. The van der Waals surface area contributed by atoms with E-state index in [1.807, 2.05) is 29.8 Å². The highest BCUT2D eigenvalue weighted by Crippen LogP contribution is 2.28. The lowest BCUT2D eigenvalue weighted by Gasteiger charge is -2.31. The van der Waals surface area contributed by atoms with Crippen molar-refractivity contribution in [2.45, 2.75) is 25.3 Å². The second-order valence-electron chi connectivity index (χ2n) is 5.61. The number of rotatable bonds is 7. The number of benzene rings is 1. The molecule has 0 unspecified atom stereocenters. The van der Waals surface area contributed by atoms with Gasteiger partial charge in [0.2, 0.25) is 0 Å². The summed E-state index contributed by atoms with van der Waals surface area (Å²) in [6, 6.07) is 5.67. The monoisotopic (exact) mass is 338 g/mol. The molecule has 2 rings (SSSR count). The minimum absolute atomic E-state index is 0.0106. The standard InChI is InChI=1S/C17H26N2O3S/c1-19(13-6-10-23-11-7-13)17(20)15-12-14(21-2)4-5-16(15)22-9-3-8-18/h4-5,12-13H,3,6-11,18H2,1-2H3. The van der Waals surface area contributed by atoms with E-state index in [1.165, 1.54) is 0 Å². The summed E-state index contributed by atoms with van der Waals surface area (Å²) in [7, 11) is 3.48. The second-order valence-corrected chi connectivity index (χ2v) is 6.84. The number of nitrogens with zero attached hydrogens (tertiary/aromatic N) is 1. The van der Waals surface area contributed by atoms with Crippen LogP contribution in [-0.2, 0) is 0 Å². The van der Waals surface area contributed by atoms with Crippen LogP contribution in [0.3, 0.4) is 0 Å². The van der Waals surface area contributed by atoms with Crippen LogP contribution < -0.4 is 15.2 Å². The number of ether oxygens (including phenoxy) is 2. The van der Waals surface area contributed by atoms with Crippen molar-refractivity contribution >= 4 is 17.7 Å². The number of methoxy groups -OCH3 is 1. The summed E-state index contributed by atoms with van der Waals surface area (Å²) in [5, 5.41) is 0. The highest BCUT2D eigenvalue weighted by Gasteiger charge is 2.25.